The largest absolute Gasteiger partial charge is 0.481 e. The Morgan fingerprint density at radius 1 is 0.656 bits per heavy atom. The molecule has 0 aliphatic heterocycles. The molecule has 3 heteroatoms. The summed E-state index contributed by atoms with van der Waals surface area (Å²) in [7, 11) is 0. The lowest BCUT2D eigenvalue weighted by Crippen LogP contribution is -2.10. The summed E-state index contributed by atoms with van der Waals surface area (Å²) < 4.78 is 0. The minimum absolute atomic E-state index is 0.141. The van der Waals surface area contributed by atoms with E-state index < -0.39 is 5.97 Å². The van der Waals surface area contributed by atoms with Crippen LogP contribution in [0.1, 0.15) is 24.5 Å². The second-order valence-corrected chi connectivity index (χ2v) is 7.83. The van der Waals surface area contributed by atoms with Crippen LogP contribution in [0.15, 0.2) is 103 Å². The number of anilines is 3. The Hall–Kier alpha value is -3.85. The maximum absolute atomic E-state index is 10.9. The Bertz CT molecular complexity index is 1150. The highest BCUT2D eigenvalue weighted by atomic mass is 16.4. The fraction of sp³-hybridized carbons (Fsp3) is 0.138. The van der Waals surface area contributed by atoms with E-state index in [1.165, 1.54) is 16.7 Å². The number of carbonyl (C=O) groups is 1. The summed E-state index contributed by atoms with van der Waals surface area (Å²) in [5.74, 6) is -0.773. The predicted molar refractivity (Wildman–Crippen MR) is 132 cm³/mol. The highest BCUT2D eigenvalue weighted by molar-refractivity contribution is 5.78. The van der Waals surface area contributed by atoms with Gasteiger partial charge in [0, 0.05) is 23.5 Å². The SMILES string of the molecule is CCc1ccc(N(c2ccc(CCC(=O)O)cc2)c2ccc(-c3ccccc3)cc2)cc1. The molecule has 0 aliphatic carbocycles. The van der Waals surface area contributed by atoms with Gasteiger partial charge in [-0.2, -0.15) is 0 Å². The molecule has 0 bridgehead atoms. The van der Waals surface area contributed by atoms with Crippen LogP contribution in [-0.4, -0.2) is 11.1 Å². The molecule has 4 aromatic rings. The third-order valence-corrected chi connectivity index (χ3v) is 5.66. The third-order valence-electron chi connectivity index (χ3n) is 5.66. The first-order valence-corrected chi connectivity index (χ1v) is 11.0. The van der Waals surface area contributed by atoms with Crippen LogP contribution in [0.3, 0.4) is 0 Å². The zero-order valence-corrected chi connectivity index (χ0v) is 18.2. The number of aliphatic carboxylic acids is 1. The lowest BCUT2D eigenvalue weighted by atomic mass is 10.0. The van der Waals surface area contributed by atoms with E-state index in [0.717, 1.165) is 29.0 Å². The third kappa shape index (κ3) is 5.06. The number of carboxylic acids is 1. The van der Waals surface area contributed by atoms with Gasteiger partial charge in [0.15, 0.2) is 0 Å². The summed E-state index contributed by atoms with van der Waals surface area (Å²) in [6.07, 6.45) is 1.68. The molecule has 32 heavy (non-hydrogen) atoms. The van der Waals surface area contributed by atoms with E-state index in [1.807, 2.05) is 18.2 Å². The van der Waals surface area contributed by atoms with E-state index >= 15 is 0 Å². The normalized spacial score (nSPS) is 10.7. The van der Waals surface area contributed by atoms with Gasteiger partial charge in [0.25, 0.3) is 0 Å². The Balaban J connectivity index is 1.68. The smallest absolute Gasteiger partial charge is 0.303 e. The molecule has 0 amide bonds. The van der Waals surface area contributed by atoms with Crippen LogP contribution in [0.25, 0.3) is 11.1 Å². The first kappa shape index (κ1) is 21.4. The number of rotatable bonds is 8. The zero-order valence-electron chi connectivity index (χ0n) is 18.2. The van der Waals surface area contributed by atoms with E-state index in [-0.39, 0.29) is 6.42 Å². The molecule has 0 radical (unpaired) electrons. The zero-order chi connectivity index (χ0) is 22.3. The van der Waals surface area contributed by atoms with Crippen molar-refractivity contribution in [2.75, 3.05) is 4.90 Å². The fourth-order valence-corrected chi connectivity index (χ4v) is 3.82. The Morgan fingerprint density at radius 3 is 1.62 bits per heavy atom. The van der Waals surface area contributed by atoms with Gasteiger partial charge >= 0.3 is 5.97 Å². The Labute approximate surface area is 189 Å². The summed E-state index contributed by atoms with van der Waals surface area (Å²) in [6, 6.07) is 35.8. The van der Waals surface area contributed by atoms with Gasteiger partial charge in [0.2, 0.25) is 0 Å². The van der Waals surface area contributed by atoms with Gasteiger partial charge in [-0.3, -0.25) is 4.79 Å². The summed E-state index contributed by atoms with van der Waals surface area (Å²) in [5.41, 5.74) is 7.91. The van der Waals surface area contributed by atoms with E-state index in [0.29, 0.717) is 6.42 Å². The van der Waals surface area contributed by atoms with E-state index in [9.17, 15) is 4.79 Å². The summed E-state index contributed by atoms with van der Waals surface area (Å²) in [5, 5.41) is 8.95. The van der Waals surface area contributed by atoms with Crippen LogP contribution < -0.4 is 4.90 Å². The van der Waals surface area contributed by atoms with Crippen molar-refractivity contribution in [3.05, 3.63) is 114 Å². The molecule has 0 saturated carbocycles. The topological polar surface area (TPSA) is 40.5 Å². The molecule has 1 N–H and O–H groups in total. The van der Waals surface area contributed by atoms with Gasteiger partial charge in [0.1, 0.15) is 0 Å². The molecule has 4 rings (SSSR count). The van der Waals surface area contributed by atoms with E-state index in [2.05, 4.69) is 96.8 Å². The number of carboxylic acid groups (broad SMARTS) is 1. The molecule has 0 saturated heterocycles. The van der Waals surface area contributed by atoms with E-state index in [4.69, 9.17) is 5.11 Å². The van der Waals surface area contributed by atoms with Crippen LogP contribution in [-0.2, 0) is 17.6 Å². The van der Waals surface area contributed by atoms with Crippen molar-refractivity contribution in [3.63, 3.8) is 0 Å². The Kier molecular flexibility index (Phi) is 6.66. The summed E-state index contributed by atoms with van der Waals surface area (Å²) in [4.78, 5) is 13.1. The van der Waals surface area contributed by atoms with Crippen molar-refractivity contribution in [1.82, 2.24) is 0 Å². The lowest BCUT2D eigenvalue weighted by Gasteiger charge is -2.26. The second kappa shape index (κ2) is 9.97. The van der Waals surface area contributed by atoms with Gasteiger partial charge in [0.05, 0.1) is 0 Å². The quantitative estimate of drug-likeness (QED) is 0.322. The van der Waals surface area contributed by atoms with Crippen LogP contribution in [0.2, 0.25) is 0 Å². The number of nitrogens with zero attached hydrogens (tertiary/aromatic N) is 1. The molecular weight excluding hydrogens is 394 g/mol. The first-order chi connectivity index (χ1) is 15.6. The molecule has 0 atom stereocenters. The average molecular weight is 422 g/mol. The molecule has 0 aliphatic rings. The van der Waals surface area contributed by atoms with E-state index in [1.54, 1.807) is 0 Å². The molecule has 0 spiro atoms. The minimum atomic E-state index is -0.773. The number of aryl methyl sites for hydroxylation is 2. The monoisotopic (exact) mass is 421 g/mol. The molecule has 0 fully saturated rings. The lowest BCUT2D eigenvalue weighted by molar-refractivity contribution is -0.136. The first-order valence-electron chi connectivity index (χ1n) is 11.0. The highest BCUT2D eigenvalue weighted by Crippen LogP contribution is 2.36. The van der Waals surface area contributed by atoms with Gasteiger partial charge in [-0.25, -0.2) is 0 Å². The Morgan fingerprint density at radius 2 is 1.12 bits per heavy atom. The van der Waals surface area contributed by atoms with Crippen molar-refractivity contribution in [2.24, 2.45) is 0 Å². The predicted octanol–water partition coefficient (Wildman–Crippen LogP) is 7.40. The van der Waals surface area contributed by atoms with Crippen LogP contribution in [0, 0.1) is 0 Å². The molecule has 160 valence electrons. The van der Waals surface area contributed by atoms with Crippen molar-refractivity contribution in [1.29, 1.82) is 0 Å². The number of hydrogen-bond donors (Lipinski definition) is 1. The summed E-state index contributed by atoms with van der Waals surface area (Å²) >= 11 is 0. The molecule has 3 nitrogen and oxygen atoms in total. The summed E-state index contributed by atoms with van der Waals surface area (Å²) in [6.45, 7) is 2.16. The molecule has 0 aromatic heterocycles. The standard InChI is InChI=1S/C29H27NO2/c1-2-22-8-15-26(16-9-22)30(27-17-10-23(11-18-27)12-21-29(31)32)28-19-13-25(14-20-28)24-6-4-3-5-7-24/h3-11,13-20H,2,12,21H2,1H3,(H,31,32). The van der Waals surface area contributed by atoms with Crippen molar-refractivity contribution in [2.45, 2.75) is 26.2 Å². The highest BCUT2D eigenvalue weighted by Gasteiger charge is 2.13. The molecule has 0 unspecified atom stereocenters. The average Bonchev–Trinajstić information content (AvgIpc) is 2.85. The maximum Gasteiger partial charge on any atom is 0.303 e. The van der Waals surface area contributed by atoms with Crippen molar-refractivity contribution in [3.8, 4) is 11.1 Å². The number of hydrogen-bond acceptors (Lipinski definition) is 2. The van der Waals surface area contributed by atoms with Gasteiger partial charge < -0.3 is 10.0 Å². The second-order valence-electron chi connectivity index (χ2n) is 7.83. The van der Waals surface area contributed by atoms with Crippen LogP contribution >= 0.6 is 0 Å². The molecule has 4 aromatic carbocycles. The minimum Gasteiger partial charge on any atom is -0.481 e. The van der Waals surface area contributed by atoms with Crippen LogP contribution in [0.4, 0.5) is 17.1 Å². The van der Waals surface area contributed by atoms with Gasteiger partial charge in [-0.1, -0.05) is 73.7 Å². The van der Waals surface area contributed by atoms with Gasteiger partial charge in [-0.05, 0) is 71.5 Å². The molecular formula is C29H27NO2. The number of benzene rings is 4. The fourth-order valence-electron chi connectivity index (χ4n) is 3.82. The maximum atomic E-state index is 10.9. The van der Waals surface area contributed by atoms with Crippen molar-refractivity contribution >= 4 is 23.0 Å². The van der Waals surface area contributed by atoms with Gasteiger partial charge in [-0.15, -0.1) is 0 Å². The van der Waals surface area contributed by atoms with Crippen LogP contribution in [0.5, 0.6) is 0 Å². The molecule has 0 heterocycles. The van der Waals surface area contributed by atoms with Crippen molar-refractivity contribution < 1.29 is 9.90 Å².